The van der Waals surface area contributed by atoms with Crippen LogP contribution in [-0.2, 0) is 10.9 Å². The lowest BCUT2D eigenvalue weighted by atomic mass is 9.85. The van der Waals surface area contributed by atoms with Crippen LogP contribution in [0.25, 0.3) is 6.08 Å². The van der Waals surface area contributed by atoms with Crippen molar-refractivity contribution >= 4 is 28.7 Å². The molecule has 0 saturated carbocycles. The van der Waals surface area contributed by atoms with Gasteiger partial charge in [0.25, 0.3) is 0 Å². The van der Waals surface area contributed by atoms with Crippen molar-refractivity contribution in [1.82, 2.24) is 4.90 Å². The molecule has 2 aromatic rings. The SMILES string of the molecule is C/C(=C\c1ccccc1I)C1(N2CCC(c3ccccc3C(F)(F)F)CC2)CO1. The van der Waals surface area contributed by atoms with Gasteiger partial charge in [-0.05, 0) is 77.1 Å². The molecule has 2 aromatic carbocycles. The highest BCUT2D eigenvalue weighted by atomic mass is 127. The van der Waals surface area contributed by atoms with Gasteiger partial charge >= 0.3 is 6.18 Å². The minimum atomic E-state index is -4.30. The molecule has 154 valence electrons. The van der Waals surface area contributed by atoms with Gasteiger partial charge in [0.05, 0.1) is 12.2 Å². The number of epoxide rings is 1. The third kappa shape index (κ3) is 4.25. The molecule has 2 fully saturated rings. The van der Waals surface area contributed by atoms with Crippen LogP contribution in [0.1, 0.15) is 42.4 Å². The van der Waals surface area contributed by atoms with E-state index in [1.165, 1.54) is 15.7 Å². The zero-order valence-corrected chi connectivity index (χ0v) is 18.3. The maximum absolute atomic E-state index is 13.4. The number of likely N-dealkylation sites (tertiary alicyclic amines) is 1. The molecule has 2 aliphatic rings. The van der Waals surface area contributed by atoms with Crippen molar-refractivity contribution in [3.63, 3.8) is 0 Å². The maximum atomic E-state index is 13.4. The summed E-state index contributed by atoms with van der Waals surface area (Å²) in [6.07, 6.45) is -0.733. The number of ether oxygens (including phenoxy) is 1. The van der Waals surface area contributed by atoms with Crippen LogP contribution in [0.15, 0.2) is 54.1 Å². The van der Waals surface area contributed by atoms with Crippen molar-refractivity contribution in [2.75, 3.05) is 19.7 Å². The van der Waals surface area contributed by atoms with Crippen molar-refractivity contribution in [3.05, 3.63) is 74.4 Å². The van der Waals surface area contributed by atoms with Crippen molar-refractivity contribution < 1.29 is 17.9 Å². The van der Waals surface area contributed by atoms with E-state index >= 15 is 0 Å². The number of rotatable bonds is 4. The molecule has 29 heavy (non-hydrogen) atoms. The zero-order chi connectivity index (χ0) is 20.6. The fourth-order valence-corrected chi connectivity index (χ4v) is 4.87. The fraction of sp³-hybridized carbons (Fsp3) is 0.391. The number of halogens is 4. The van der Waals surface area contributed by atoms with Crippen molar-refractivity contribution in [2.24, 2.45) is 0 Å². The Morgan fingerprint density at radius 3 is 2.34 bits per heavy atom. The molecule has 0 aliphatic carbocycles. The predicted molar refractivity (Wildman–Crippen MR) is 116 cm³/mol. The summed E-state index contributed by atoms with van der Waals surface area (Å²) in [5, 5.41) is 0. The topological polar surface area (TPSA) is 15.8 Å². The largest absolute Gasteiger partial charge is 0.416 e. The second-order valence-electron chi connectivity index (χ2n) is 7.77. The Labute approximate surface area is 182 Å². The first-order valence-corrected chi connectivity index (χ1v) is 10.9. The molecule has 0 amide bonds. The number of alkyl halides is 3. The monoisotopic (exact) mass is 513 g/mol. The molecule has 2 aliphatic heterocycles. The highest BCUT2D eigenvalue weighted by molar-refractivity contribution is 14.1. The van der Waals surface area contributed by atoms with Gasteiger partial charge in [0.15, 0.2) is 5.72 Å². The van der Waals surface area contributed by atoms with Crippen LogP contribution in [-0.4, -0.2) is 30.3 Å². The molecule has 2 heterocycles. The third-order valence-corrected chi connectivity index (χ3v) is 7.01. The Hall–Kier alpha value is -1.38. The smallest absolute Gasteiger partial charge is 0.349 e. The van der Waals surface area contributed by atoms with Crippen LogP contribution < -0.4 is 0 Å². The van der Waals surface area contributed by atoms with Crippen LogP contribution in [0.3, 0.4) is 0 Å². The molecule has 1 unspecified atom stereocenters. The second kappa shape index (κ2) is 8.04. The number of hydrogen-bond donors (Lipinski definition) is 0. The van der Waals surface area contributed by atoms with Crippen LogP contribution >= 0.6 is 22.6 Å². The van der Waals surface area contributed by atoms with Crippen molar-refractivity contribution in [2.45, 2.75) is 37.6 Å². The Balaban J connectivity index is 1.49. The Kier molecular flexibility index (Phi) is 5.79. The minimum absolute atomic E-state index is 0.0702. The van der Waals surface area contributed by atoms with Crippen LogP contribution in [0.5, 0.6) is 0 Å². The summed E-state index contributed by atoms with van der Waals surface area (Å²) in [7, 11) is 0. The third-order valence-electron chi connectivity index (χ3n) is 6.02. The predicted octanol–water partition coefficient (Wildman–Crippen LogP) is 6.32. The van der Waals surface area contributed by atoms with Gasteiger partial charge < -0.3 is 4.74 Å². The first-order chi connectivity index (χ1) is 13.8. The molecule has 2 nitrogen and oxygen atoms in total. The van der Waals surface area contributed by atoms with E-state index in [1.54, 1.807) is 12.1 Å². The average molecular weight is 513 g/mol. The van der Waals surface area contributed by atoms with E-state index in [0.717, 1.165) is 24.2 Å². The zero-order valence-electron chi connectivity index (χ0n) is 16.2. The average Bonchev–Trinajstić information content (AvgIpc) is 3.51. The second-order valence-corrected chi connectivity index (χ2v) is 8.93. The summed E-state index contributed by atoms with van der Waals surface area (Å²) >= 11 is 2.32. The number of piperidine rings is 1. The number of benzene rings is 2. The van der Waals surface area contributed by atoms with E-state index < -0.39 is 17.5 Å². The van der Waals surface area contributed by atoms with Crippen LogP contribution in [0, 0.1) is 3.57 Å². The lowest BCUT2D eigenvalue weighted by molar-refractivity contribution is -0.138. The highest BCUT2D eigenvalue weighted by Gasteiger charge is 2.52. The van der Waals surface area contributed by atoms with Crippen LogP contribution in [0.4, 0.5) is 13.2 Å². The molecule has 2 saturated heterocycles. The molecule has 0 N–H and O–H groups in total. The first-order valence-electron chi connectivity index (χ1n) is 9.80. The van der Waals surface area contributed by atoms with E-state index in [2.05, 4.69) is 52.6 Å². The molecule has 4 rings (SSSR count). The van der Waals surface area contributed by atoms with Gasteiger partial charge in [-0.2, -0.15) is 13.2 Å². The molecular weight excluding hydrogens is 490 g/mol. The lowest BCUT2D eigenvalue weighted by Crippen LogP contribution is -2.44. The molecule has 6 heteroatoms. The van der Waals surface area contributed by atoms with E-state index in [1.807, 2.05) is 12.1 Å². The molecule has 1 atom stereocenters. The normalized spacial score (nSPS) is 24.0. The van der Waals surface area contributed by atoms with Gasteiger partial charge in [0.2, 0.25) is 0 Å². The summed E-state index contributed by atoms with van der Waals surface area (Å²) in [5.74, 6) is -0.0702. The Morgan fingerprint density at radius 2 is 1.72 bits per heavy atom. The molecule has 0 aromatic heterocycles. The fourth-order valence-electron chi connectivity index (χ4n) is 4.33. The molecule has 0 spiro atoms. The Bertz CT molecular complexity index is 912. The van der Waals surface area contributed by atoms with Crippen molar-refractivity contribution in [3.8, 4) is 0 Å². The van der Waals surface area contributed by atoms with Crippen molar-refractivity contribution in [1.29, 1.82) is 0 Å². The minimum Gasteiger partial charge on any atom is -0.349 e. The van der Waals surface area contributed by atoms with Crippen LogP contribution in [0.2, 0.25) is 0 Å². The molecular formula is C23H23F3INO. The summed E-state index contributed by atoms with van der Waals surface area (Å²) < 4.78 is 47.2. The highest BCUT2D eigenvalue weighted by Crippen LogP contribution is 2.44. The van der Waals surface area contributed by atoms with Gasteiger partial charge in [0.1, 0.15) is 0 Å². The van der Waals surface area contributed by atoms with E-state index in [4.69, 9.17) is 4.74 Å². The quantitative estimate of drug-likeness (QED) is 0.352. The first kappa shape index (κ1) is 20.9. The van der Waals surface area contributed by atoms with Gasteiger partial charge in [-0.3, -0.25) is 4.90 Å². The lowest BCUT2D eigenvalue weighted by Gasteiger charge is -2.37. The summed E-state index contributed by atoms with van der Waals surface area (Å²) in [6.45, 7) is 4.19. The van der Waals surface area contributed by atoms with E-state index in [9.17, 15) is 13.2 Å². The van der Waals surface area contributed by atoms with E-state index in [-0.39, 0.29) is 5.92 Å². The summed E-state index contributed by atoms with van der Waals surface area (Å²) in [5.41, 5.74) is 1.85. The molecule has 0 bridgehead atoms. The van der Waals surface area contributed by atoms with Gasteiger partial charge in [-0.15, -0.1) is 0 Å². The van der Waals surface area contributed by atoms with Gasteiger partial charge in [-0.25, -0.2) is 0 Å². The van der Waals surface area contributed by atoms with E-state index in [0.29, 0.717) is 25.0 Å². The standard InChI is InChI=1S/C23H23F3INO/c1-16(14-18-6-2-5-9-21(18)27)22(15-29-22)28-12-10-17(11-13-28)19-7-3-4-8-20(19)23(24,25)26/h2-9,14,17H,10-13,15H2,1H3/b16-14+. The Morgan fingerprint density at radius 1 is 1.10 bits per heavy atom. The number of nitrogens with zero attached hydrogens (tertiary/aromatic N) is 1. The van der Waals surface area contributed by atoms with Gasteiger partial charge in [0, 0.05) is 16.7 Å². The summed E-state index contributed by atoms with van der Waals surface area (Å²) in [6, 6.07) is 14.2. The summed E-state index contributed by atoms with van der Waals surface area (Å²) in [4.78, 5) is 2.29. The maximum Gasteiger partial charge on any atom is 0.416 e. The number of hydrogen-bond acceptors (Lipinski definition) is 2. The van der Waals surface area contributed by atoms with Gasteiger partial charge in [-0.1, -0.05) is 42.5 Å². The molecule has 0 radical (unpaired) electrons.